The van der Waals surface area contributed by atoms with Crippen LogP contribution in [0.2, 0.25) is 0 Å². The number of anilines is 1. The van der Waals surface area contributed by atoms with Gasteiger partial charge in [0.15, 0.2) is 0 Å². The minimum absolute atomic E-state index is 0.201. The molecule has 0 bridgehead atoms. The van der Waals surface area contributed by atoms with Gasteiger partial charge in [-0.3, -0.25) is 0 Å². The zero-order chi connectivity index (χ0) is 14.9. The van der Waals surface area contributed by atoms with Gasteiger partial charge in [0.25, 0.3) is 0 Å². The van der Waals surface area contributed by atoms with Crippen LogP contribution >= 0.6 is 0 Å². The SMILES string of the molecule is CN(c1ccc(S(=O)(=O)C(F)F)cc1)C(CN)C1CC1. The van der Waals surface area contributed by atoms with Crippen molar-refractivity contribution in [1.82, 2.24) is 0 Å². The highest BCUT2D eigenvalue weighted by Gasteiger charge is 2.33. The molecule has 0 amide bonds. The molecule has 4 nitrogen and oxygen atoms in total. The second-order valence-electron chi connectivity index (χ2n) is 5.05. The van der Waals surface area contributed by atoms with Crippen molar-refractivity contribution in [1.29, 1.82) is 0 Å². The molecule has 1 aromatic carbocycles. The van der Waals surface area contributed by atoms with Crippen LogP contribution in [0.25, 0.3) is 0 Å². The summed E-state index contributed by atoms with van der Waals surface area (Å²) in [5.74, 6) is -2.83. The maximum atomic E-state index is 12.4. The van der Waals surface area contributed by atoms with E-state index in [-0.39, 0.29) is 10.9 Å². The Hall–Kier alpha value is -1.21. The monoisotopic (exact) mass is 304 g/mol. The Kier molecular flexibility index (Phi) is 4.29. The van der Waals surface area contributed by atoms with Crippen LogP contribution in [0.1, 0.15) is 12.8 Å². The van der Waals surface area contributed by atoms with Gasteiger partial charge in [0.1, 0.15) is 0 Å². The van der Waals surface area contributed by atoms with Gasteiger partial charge in [-0.1, -0.05) is 0 Å². The zero-order valence-corrected chi connectivity index (χ0v) is 12.0. The van der Waals surface area contributed by atoms with E-state index in [1.165, 1.54) is 12.1 Å². The van der Waals surface area contributed by atoms with Crippen molar-refractivity contribution in [2.45, 2.75) is 29.5 Å². The Labute approximate surface area is 117 Å². The first kappa shape index (κ1) is 15.2. The molecule has 0 aliphatic heterocycles. The molecule has 0 saturated heterocycles. The molecule has 0 spiro atoms. The van der Waals surface area contributed by atoms with E-state index < -0.39 is 15.6 Å². The molecule has 112 valence electrons. The molecule has 1 aromatic rings. The minimum atomic E-state index is -4.53. The number of alkyl halides is 2. The molecule has 20 heavy (non-hydrogen) atoms. The number of nitrogens with zero attached hydrogens (tertiary/aromatic N) is 1. The number of halogens is 2. The van der Waals surface area contributed by atoms with Crippen LogP contribution in [0.15, 0.2) is 29.2 Å². The molecular formula is C13H18F2N2O2S. The second-order valence-corrected chi connectivity index (χ2v) is 6.97. The normalized spacial score (nSPS) is 17.2. The quantitative estimate of drug-likeness (QED) is 0.871. The third-order valence-corrected chi connectivity index (χ3v) is 5.11. The molecule has 0 radical (unpaired) electrons. The smallest absolute Gasteiger partial charge is 0.341 e. The summed E-state index contributed by atoms with van der Waals surface area (Å²) in [5.41, 5.74) is 6.53. The van der Waals surface area contributed by atoms with Crippen LogP contribution in [0.5, 0.6) is 0 Å². The highest BCUT2D eigenvalue weighted by atomic mass is 32.2. The van der Waals surface area contributed by atoms with Crippen LogP contribution in [-0.4, -0.2) is 33.8 Å². The number of hydrogen-bond acceptors (Lipinski definition) is 4. The Morgan fingerprint density at radius 2 is 1.85 bits per heavy atom. The van der Waals surface area contributed by atoms with E-state index in [4.69, 9.17) is 5.73 Å². The summed E-state index contributed by atoms with van der Waals surface area (Å²) in [6, 6.07) is 5.72. The van der Waals surface area contributed by atoms with E-state index in [1.807, 2.05) is 11.9 Å². The number of benzene rings is 1. The third-order valence-electron chi connectivity index (χ3n) is 3.71. The lowest BCUT2D eigenvalue weighted by Crippen LogP contribution is -2.39. The molecule has 7 heteroatoms. The van der Waals surface area contributed by atoms with Gasteiger partial charge >= 0.3 is 5.76 Å². The van der Waals surface area contributed by atoms with E-state index in [9.17, 15) is 17.2 Å². The highest BCUT2D eigenvalue weighted by molar-refractivity contribution is 7.91. The Morgan fingerprint density at radius 3 is 2.25 bits per heavy atom. The molecule has 1 unspecified atom stereocenters. The van der Waals surface area contributed by atoms with Crippen LogP contribution in [0.4, 0.5) is 14.5 Å². The standard InChI is InChI=1S/C13H18F2N2O2S/c1-17(12(8-16)9-2-3-9)10-4-6-11(7-5-10)20(18,19)13(14)15/h4-7,9,12-13H,2-3,8,16H2,1H3. The molecule has 1 aliphatic carbocycles. The van der Waals surface area contributed by atoms with Crippen molar-refractivity contribution in [3.8, 4) is 0 Å². The Bertz CT molecular complexity index is 556. The first-order valence-corrected chi connectivity index (χ1v) is 7.97. The van der Waals surface area contributed by atoms with Gasteiger partial charge in [-0.15, -0.1) is 0 Å². The van der Waals surface area contributed by atoms with E-state index in [0.717, 1.165) is 18.5 Å². The molecule has 1 aliphatic rings. The molecule has 2 rings (SSSR count). The van der Waals surface area contributed by atoms with E-state index in [2.05, 4.69) is 0 Å². The number of nitrogens with two attached hydrogens (primary N) is 1. The van der Waals surface area contributed by atoms with Crippen molar-refractivity contribution < 1.29 is 17.2 Å². The molecule has 0 aromatic heterocycles. The molecule has 0 heterocycles. The van der Waals surface area contributed by atoms with Gasteiger partial charge in [-0.05, 0) is 43.0 Å². The van der Waals surface area contributed by atoms with Gasteiger partial charge in [-0.2, -0.15) is 8.78 Å². The lowest BCUT2D eigenvalue weighted by Gasteiger charge is -2.29. The van der Waals surface area contributed by atoms with Crippen LogP contribution in [0, 0.1) is 5.92 Å². The minimum Gasteiger partial charge on any atom is -0.370 e. The van der Waals surface area contributed by atoms with E-state index in [1.54, 1.807) is 12.1 Å². The fraction of sp³-hybridized carbons (Fsp3) is 0.538. The van der Waals surface area contributed by atoms with Crippen molar-refractivity contribution in [2.75, 3.05) is 18.5 Å². The fourth-order valence-electron chi connectivity index (χ4n) is 2.31. The second kappa shape index (κ2) is 5.65. The topological polar surface area (TPSA) is 63.4 Å². The number of likely N-dealkylation sites (N-methyl/N-ethyl adjacent to an activating group) is 1. The predicted octanol–water partition coefficient (Wildman–Crippen LogP) is 1.86. The maximum Gasteiger partial charge on any atom is 0.341 e. The first-order valence-electron chi connectivity index (χ1n) is 6.43. The average Bonchev–Trinajstić information content (AvgIpc) is 3.24. The summed E-state index contributed by atoms with van der Waals surface area (Å²) >= 11 is 0. The van der Waals surface area contributed by atoms with Crippen molar-refractivity contribution >= 4 is 15.5 Å². The summed E-state index contributed by atoms with van der Waals surface area (Å²) in [6.07, 6.45) is 2.29. The summed E-state index contributed by atoms with van der Waals surface area (Å²) in [5, 5.41) is 0. The van der Waals surface area contributed by atoms with Crippen LogP contribution in [0.3, 0.4) is 0 Å². The zero-order valence-electron chi connectivity index (χ0n) is 11.2. The summed E-state index contributed by atoms with van der Waals surface area (Å²) in [6.45, 7) is 0.512. The number of rotatable bonds is 6. The Balaban J connectivity index is 2.19. The molecular weight excluding hydrogens is 286 g/mol. The molecule has 1 fully saturated rings. The summed E-state index contributed by atoms with van der Waals surface area (Å²) in [7, 11) is -2.64. The van der Waals surface area contributed by atoms with Gasteiger partial charge in [0, 0.05) is 25.3 Å². The molecule has 1 atom stereocenters. The van der Waals surface area contributed by atoms with Crippen molar-refractivity contribution in [2.24, 2.45) is 11.7 Å². The van der Waals surface area contributed by atoms with Gasteiger partial charge in [0.2, 0.25) is 9.84 Å². The third kappa shape index (κ3) is 2.93. The van der Waals surface area contributed by atoms with Gasteiger partial charge < -0.3 is 10.6 Å². The summed E-state index contributed by atoms with van der Waals surface area (Å²) in [4.78, 5) is 1.62. The highest BCUT2D eigenvalue weighted by Crippen LogP contribution is 2.36. The largest absolute Gasteiger partial charge is 0.370 e. The lowest BCUT2D eigenvalue weighted by molar-refractivity contribution is 0.234. The number of hydrogen-bond donors (Lipinski definition) is 1. The first-order chi connectivity index (χ1) is 9.37. The van der Waals surface area contributed by atoms with Crippen molar-refractivity contribution in [3.63, 3.8) is 0 Å². The summed E-state index contributed by atoms with van der Waals surface area (Å²) < 4.78 is 47.6. The van der Waals surface area contributed by atoms with Gasteiger partial charge in [-0.25, -0.2) is 8.42 Å². The van der Waals surface area contributed by atoms with Crippen LogP contribution < -0.4 is 10.6 Å². The Morgan fingerprint density at radius 1 is 1.30 bits per heavy atom. The lowest BCUT2D eigenvalue weighted by atomic mass is 10.1. The number of sulfone groups is 1. The van der Waals surface area contributed by atoms with Gasteiger partial charge in [0.05, 0.1) is 4.90 Å². The van der Waals surface area contributed by atoms with Crippen LogP contribution in [-0.2, 0) is 9.84 Å². The molecule has 1 saturated carbocycles. The molecule has 2 N–H and O–H groups in total. The average molecular weight is 304 g/mol. The fourth-order valence-corrected chi connectivity index (χ4v) is 3.03. The van der Waals surface area contributed by atoms with Crippen molar-refractivity contribution in [3.05, 3.63) is 24.3 Å². The predicted molar refractivity (Wildman–Crippen MR) is 73.6 cm³/mol. The maximum absolute atomic E-state index is 12.4. The van der Waals surface area contributed by atoms with E-state index >= 15 is 0 Å². The van der Waals surface area contributed by atoms with E-state index in [0.29, 0.717) is 12.5 Å².